The standard InChI is InChI=1S/C25H33N5O2.C3H8/c1-5-26-22(19-12-7-6-8-13-19)23(31)29-21-16-30(17-28-21)25(3,4)24(32)27-15-20-14-10-9-11-18(20)2;1-3-2/h6-14,16,22,26,28H,5,15,17H2,1-4H3,(H,27,32)(H,29,31);3H2,1-2H3/t22-;/m0./s1. The smallest absolute Gasteiger partial charge is 0.247 e. The van der Waals surface area contributed by atoms with Gasteiger partial charge in [-0.2, -0.15) is 0 Å². The van der Waals surface area contributed by atoms with Crippen molar-refractivity contribution in [1.82, 2.24) is 26.2 Å². The van der Waals surface area contributed by atoms with Gasteiger partial charge in [-0.25, -0.2) is 0 Å². The van der Waals surface area contributed by atoms with Crippen molar-refractivity contribution in [1.29, 1.82) is 0 Å². The number of amides is 2. The minimum absolute atomic E-state index is 0.0822. The highest BCUT2D eigenvalue weighted by atomic mass is 16.2. The molecule has 7 nitrogen and oxygen atoms in total. The van der Waals surface area contributed by atoms with E-state index in [4.69, 9.17) is 0 Å². The Bertz CT molecular complexity index is 988. The van der Waals surface area contributed by atoms with E-state index in [-0.39, 0.29) is 11.8 Å². The summed E-state index contributed by atoms with van der Waals surface area (Å²) in [6.07, 6.45) is 3.04. The molecular formula is C28H41N5O2. The van der Waals surface area contributed by atoms with Gasteiger partial charge in [0.05, 0.1) is 6.67 Å². The highest BCUT2D eigenvalue weighted by Gasteiger charge is 2.35. The van der Waals surface area contributed by atoms with Crippen LogP contribution in [0.2, 0.25) is 0 Å². The maximum atomic E-state index is 12.9. The van der Waals surface area contributed by atoms with E-state index in [1.165, 1.54) is 6.42 Å². The summed E-state index contributed by atoms with van der Waals surface area (Å²) in [7, 11) is 0. The topological polar surface area (TPSA) is 85.5 Å². The van der Waals surface area contributed by atoms with E-state index in [1.54, 1.807) is 6.20 Å². The van der Waals surface area contributed by atoms with Crippen LogP contribution >= 0.6 is 0 Å². The minimum Gasteiger partial charge on any atom is -0.353 e. The lowest BCUT2D eigenvalue weighted by molar-refractivity contribution is -0.130. The van der Waals surface area contributed by atoms with E-state index in [9.17, 15) is 9.59 Å². The number of hydrogen-bond donors (Lipinski definition) is 4. The highest BCUT2D eigenvalue weighted by molar-refractivity contribution is 5.86. The van der Waals surface area contributed by atoms with Gasteiger partial charge < -0.3 is 26.2 Å². The second-order valence-corrected chi connectivity index (χ2v) is 9.11. The highest BCUT2D eigenvalue weighted by Crippen LogP contribution is 2.20. The molecule has 4 N–H and O–H groups in total. The monoisotopic (exact) mass is 479 g/mol. The Kier molecular flexibility index (Phi) is 10.8. The molecule has 2 aromatic carbocycles. The van der Waals surface area contributed by atoms with Crippen LogP contribution in [0.4, 0.5) is 0 Å². The quantitative estimate of drug-likeness (QED) is 0.438. The third-order valence-corrected chi connectivity index (χ3v) is 5.76. The second kappa shape index (κ2) is 13.5. The summed E-state index contributed by atoms with van der Waals surface area (Å²) in [5.41, 5.74) is 2.35. The molecule has 0 saturated heterocycles. The fourth-order valence-electron chi connectivity index (χ4n) is 3.60. The van der Waals surface area contributed by atoms with Crippen LogP contribution in [0.3, 0.4) is 0 Å². The molecule has 0 aromatic heterocycles. The summed E-state index contributed by atoms with van der Waals surface area (Å²) in [5.74, 6) is 0.343. The van der Waals surface area contributed by atoms with E-state index >= 15 is 0 Å². The van der Waals surface area contributed by atoms with Crippen LogP contribution in [0.5, 0.6) is 0 Å². The lowest BCUT2D eigenvalue weighted by Crippen LogP contribution is -2.53. The zero-order valence-electron chi connectivity index (χ0n) is 21.9. The van der Waals surface area contributed by atoms with Crippen LogP contribution in [0, 0.1) is 6.92 Å². The number of likely N-dealkylation sites (N-methyl/N-ethyl adjacent to an activating group) is 1. The first-order chi connectivity index (χ1) is 16.7. The minimum atomic E-state index is -0.789. The van der Waals surface area contributed by atoms with Crippen molar-refractivity contribution in [3.05, 3.63) is 83.3 Å². The molecule has 0 spiro atoms. The van der Waals surface area contributed by atoms with Crippen molar-refractivity contribution in [3.8, 4) is 0 Å². The Morgan fingerprint density at radius 3 is 2.29 bits per heavy atom. The molecule has 7 heteroatoms. The number of hydrogen-bond acceptors (Lipinski definition) is 5. The molecule has 1 aliphatic heterocycles. The molecule has 1 heterocycles. The number of benzene rings is 2. The van der Waals surface area contributed by atoms with Crippen LogP contribution in [-0.4, -0.2) is 35.5 Å². The molecule has 35 heavy (non-hydrogen) atoms. The van der Waals surface area contributed by atoms with Gasteiger partial charge >= 0.3 is 0 Å². The fourth-order valence-corrected chi connectivity index (χ4v) is 3.60. The van der Waals surface area contributed by atoms with Crippen LogP contribution in [0.25, 0.3) is 0 Å². The molecule has 0 unspecified atom stereocenters. The molecule has 2 aromatic rings. The number of nitrogens with zero attached hydrogens (tertiary/aromatic N) is 1. The average Bonchev–Trinajstić information content (AvgIpc) is 3.32. The maximum Gasteiger partial charge on any atom is 0.247 e. The van der Waals surface area contributed by atoms with E-state index in [1.807, 2.05) is 87.2 Å². The summed E-state index contributed by atoms with van der Waals surface area (Å²) in [6.45, 7) is 13.6. The van der Waals surface area contributed by atoms with E-state index in [2.05, 4.69) is 35.1 Å². The van der Waals surface area contributed by atoms with Gasteiger partial charge in [-0.15, -0.1) is 0 Å². The molecule has 0 fully saturated rings. The number of aryl methyl sites for hydroxylation is 1. The van der Waals surface area contributed by atoms with Gasteiger partial charge in [0.25, 0.3) is 0 Å². The van der Waals surface area contributed by atoms with Crippen molar-refractivity contribution in [2.24, 2.45) is 0 Å². The summed E-state index contributed by atoms with van der Waals surface area (Å²) in [5, 5.41) is 12.4. The van der Waals surface area contributed by atoms with Gasteiger partial charge in [0.15, 0.2) is 0 Å². The Morgan fingerprint density at radius 1 is 1.03 bits per heavy atom. The van der Waals surface area contributed by atoms with E-state index in [0.29, 0.717) is 25.6 Å². The van der Waals surface area contributed by atoms with Gasteiger partial charge in [0.1, 0.15) is 17.4 Å². The Labute approximate surface area is 210 Å². The zero-order valence-corrected chi connectivity index (χ0v) is 21.9. The first-order valence-electron chi connectivity index (χ1n) is 12.4. The predicted molar refractivity (Wildman–Crippen MR) is 142 cm³/mol. The largest absolute Gasteiger partial charge is 0.353 e. The Morgan fingerprint density at radius 2 is 1.66 bits per heavy atom. The predicted octanol–water partition coefficient (Wildman–Crippen LogP) is 3.93. The third-order valence-electron chi connectivity index (χ3n) is 5.76. The molecule has 1 aliphatic rings. The molecule has 2 amide bonds. The van der Waals surface area contributed by atoms with Gasteiger partial charge in [-0.05, 0) is 44.0 Å². The van der Waals surface area contributed by atoms with Gasteiger partial charge in [-0.1, -0.05) is 81.8 Å². The molecule has 190 valence electrons. The van der Waals surface area contributed by atoms with E-state index in [0.717, 1.165) is 16.7 Å². The number of carbonyl (C=O) groups is 2. The summed E-state index contributed by atoms with van der Waals surface area (Å²) in [6, 6.07) is 17.2. The van der Waals surface area contributed by atoms with Gasteiger partial charge in [0, 0.05) is 12.7 Å². The molecule has 1 atom stereocenters. The lowest BCUT2D eigenvalue weighted by Gasteiger charge is -2.33. The molecule has 0 bridgehead atoms. The Balaban J connectivity index is 0.00000137. The van der Waals surface area contributed by atoms with Crippen LogP contribution in [0.1, 0.15) is 63.8 Å². The summed E-state index contributed by atoms with van der Waals surface area (Å²) in [4.78, 5) is 27.7. The van der Waals surface area contributed by atoms with Crippen molar-refractivity contribution in [2.75, 3.05) is 13.2 Å². The Hall–Kier alpha value is -3.32. The number of rotatable bonds is 9. The van der Waals surface area contributed by atoms with Gasteiger partial charge in [0.2, 0.25) is 11.8 Å². The molecular weight excluding hydrogens is 438 g/mol. The van der Waals surface area contributed by atoms with Crippen LogP contribution in [-0.2, 0) is 16.1 Å². The van der Waals surface area contributed by atoms with Crippen molar-refractivity contribution < 1.29 is 9.59 Å². The first kappa shape index (κ1) is 27.9. The number of carbonyl (C=O) groups excluding carboxylic acids is 2. The summed E-state index contributed by atoms with van der Waals surface area (Å²) < 4.78 is 0. The normalized spacial score (nSPS) is 13.7. The maximum absolute atomic E-state index is 12.9. The van der Waals surface area contributed by atoms with Crippen molar-refractivity contribution in [3.63, 3.8) is 0 Å². The molecule has 3 rings (SSSR count). The fraction of sp³-hybridized carbons (Fsp3) is 0.429. The third kappa shape index (κ3) is 7.86. The second-order valence-electron chi connectivity index (χ2n) is 9.11. The van der Waals surface area contributed by atoms with Crippen molar-refractivity contribution in [2.45, 2.75) is 66.1 Å². The van der Waals surface area contributed by atoms with Gasteiger partial charge in [-0.3, -0.25) is 9.59 Å². The molecule has 0 radical (unpaired) electrons. The molecule has 0 saturated carbocycles. The zero-order chi connectivity index (χ0) is 25.8. The summed E-state index contributed by atoms with van der Waals surface area (Å²) >= 11 is 0. The molecule has 0 aliphatic carbocycles. The lowest BCUT2D eigenvalue weighted by atomic mass is 10.0. The SMILES string of the molecule is CCC.CCN[C@H](C(=O)NC1=CN(C(C)(C)C(=O)NCc2ccccc2C)CN1)c1ccccc1. The van der Waals surface area contributed by atoms with Crippen LogP contribution < -0.4 is 21.3 Å². The van der Waals surface area contributed by atoms with Crippen molar-refractivity contribution >= 4 is 11.8 Å². The first-order valence-corrected chi connectivity index (χ1v) is 12.4. The van der Waals surface area contributed by atoms with E-state index < -0.39 is 11.6 Å². The average molecular weight is 480 g/mol. The van der Waals surface area contributed by atoms with Crippen LogP contribution in [0.15, 0.2) is 66.6 Å². The number of nitrogens with one attached hydrogen (secondary N) is 4.